The fourth-order valence-corrected chi connectivity index (χ4v) is 3.92. The third kappa shape index (κ3) is 3.36. The maximum absolute atomic E-state index is 14.0. The van der Waals surface area contributed by atoms with E-state index in [0.717, 1.165) is 13.6 Å². The minimum atomic E-state index is -0.406. The second kappa shape index (κ2) is 6.18. The van der Waals surface area contributed by atoms with Crippen molar-refractivity contribution in [1.29, 1.82) is 0 Å². The molecule has 0 spiro atoms. The first-order valence-electron chi connectivity index (χ1n) is 5.44. The van der Waals surface area contributed by atoms with E-state index in [4.69, 9.17) is 0 Å². The van der Waals surface area contributed by atoms with Crippen LogP contribution in [0.2, 0.25) is 0 Å². The van der Waals surface area contributed by atoms with Crippen molar-refractivity contribution in [2.45, 2.75) is 11.8 Å². The number of rotatable bonds is 2. The number of alkyl halides is 1. The summed E-state index contributed by atoms with van der Waals surface area (Å²) in [6.07, 6.45) is 0. The van der Waals surface area contributed by atoms with E-state index in [1.54, 1.807) is 6.92 Å². The molecule has 19 heavy (non-hydrogen) atoms. The number of hydrogen-bond acceptors (Lipinski definition) is 0. The molecule has 0 aliphatic rings. The zero-order chi connectivity index (χ0) is 14.2. The zero-order valence-corrected chi connectivity index (χ0v) is 15.2. The Morgan fingerprint density at radius 2 is 1.74 bits per heavy atom. The number of halogens is 5. The lowest BCUT2D eigenvalue weighted by Gasteiger charge is -2.15. The van der Waals surface area contributed by atoms with E-state index in [2.05, 4.69) is 54.5 Å². The molecule has 0 saturated carbocycles. The first-order chi connectivity index (χ1) is 8.90. The maximum Gasteiger partial charge on any atom is 0.128 e. The molecular weight excluding hydrogens is 493 g/mol. The Labute approximate surface area is 141 Å². The predicted molar refractivity (Wildman–Crippen MR) is 88.7 cm³/mol. The van der Waals surface area contributed by atoms with E-state index >= 15 is 0 Å². The first-order valence-corrected chi connectivity index (χ1v) is 8.23. The van der Waals surface area contributed by atoms with Gasteiger partial charge in [0.1, 0.15) is 11.6 Å². The molecule has 100 valence electrons. The van der Waals surface area contributed by atoms with Crippen molar-refractivity contribution >= 4 is 54.5 Å². The Hall–Kier alpha value is -0.0100. The summed E-state index contributed by atoms with van der Waals surface area (Å²) in [5, 5.41) is 0. The second-order valence-corrected chi connectivity index (χ2v) is 7.14. The topological polar surface area (TPSA) is 0 Å². The Balaban J connectivity index is 2.52. The first kappa shape index (κ1) is 15.4. The molecule has 5 heteroatoms. The average molecular weight is 502 g/mol. The van der Waals surface area contributed by atoms with Crippen LogP contribution in [-0.2, 0) is 0 Å². The highest BCUT2D eigenvalue weighted by Crippen LogP contribution is 2.37. The molecule has 0 fully saturated rings. The van der Waals surface area contributed by atoms with Crippen LogP contribution in [-0.4, -0.2) is 0 Å². The van der Waals surface area contributed by atoms with E-state index in [-0.39, 0.29) is 4.83 Å². The summed E-state index contributed by atoms with van der Waals surface area (Å²) < 4.78 is 29.5. The molecular formula is C14H9Br2F2I. The van der Waals surface area contributed by atoms with E-state index in [0.29, 0.717) is 11.1 Å². The highest BCUT2D eigenvalue weighted by molar-refractivity contribution is 14.1. The van der Waals surface area contributed by atoms with Crippen molar-refractivity contribution in [3.63, 3.8) is 0 Å². The van der Waals surface area contributed by atoms with Crippen molar-refractivity contribution in [3.05, 3.63) is 66.7 Å². The van der Waals surface area contributed by atoms with Crippen LogP contribution in [0.4, 0.5) is 8.78 Å². The summed E-state index contributed by atoms with van der Waals surface area (Å²) in [5.41, 5.74) is 1.51. The molecule has 0 radical (unpaired) electrons. The molecule has 0 nitrogen and oxygen atoms in total. The molecule has 0 aliphatic heterocycles. The lowest BCUT2D eigenvalue weighted by atomic mass is 10.0. The van der Waals surface area contributed by atoms with Gasteiger partial charge in [-0.15, -0.1) is 0 Å². The fourth-order valence-electron chi connectivity index (χ4n) is 1.73. The zero-order valence-electron chi connectivity index (χ0n) is 9.85. The Bertz CT molecular complexity index is 629. The minimum Gasteiger partial charge on any atom is -0.207 e. The number of aryl methyl sites for hydroxylation is 1. The highest BCUT2D eigenvalue weighted by Gasteiger charge is 2.19. The number of hydrogen-bond donors (Lipinski definition) is 0. The second-order valence-electron chi connectivity index (χ2n) is 4.15. The molecule has 1 atom stereocenters. The van der Waals surface area contributed by atoms with Crippen LogP contribution in [0.25, 0.3) is 0 Å². The van der Waals surface area contributed by atoms with E-state index in [9.17, 15) is 8.78 Å². The van der Waals surface area contributed by atoms with Gasteiger partial charge in [-0.2, -0.15) is 0 Å². The van der Waals surface area contributed by atoms with Crippen LogP contribution < -0.4 is 0 Å². The van der Waals surface area contributed by atoms with Crippen LogP contribution in [0.3, 0.4) is 0 Å². The lowest BCUT2D eigenvalue weighted by Crippen LogP contribution is -2.01. The van der Waals surface area contributed by atoms with Crippen molar-refractivity contribution in [1.82, 2.24) is 0 Å². The Kier molecular flexibility index (Phi) is 5.00. The normalized spacial score (nSPS) is 12.5. The van der Waals surface area contributed by atoms with Gasteiger partial charge in [-0.3, -0.25) is 0 Å². The van der Waals surface area contributed by atoms with Gasteiger partial charge in [0.2, 0.25) is 0 Å². The number of benzene rings is 2. The summed E-state index contributed by atoms with van der Waals surface area (Å²) in [5.74, 6) is -0.803. The molecule has 2 aromatic rings. The molecule has 1 unspecified atom stereocenters. The summed E-state index contributed by atoms with van der Waals surface area (Å²) >= 11 is 9.03. The van der Waals surface area contributed by atoms with Crippen molar-refractivity contribution in [2.75, 3.05) is 0 Å². The van der Waals surface area contributed by atoms with Gasteiger partial charge in [0.15, 0.2) is 0 Å². The highest BCUT2D eigenvalue weighted by atomic mass is 127. The largest absolute Gasteiger partial charge is 0.207 e. The van der Waals surface area contributed by atoms with Gasteiger partial charge in [-0.25, -0.2) is 8.78 Å². The quantitative estimate of drug-likeness (QED) is 0.343. The monoisotopic (exact) mass is 500 g/mol. The van der Waals surface area contributed by atoms with Gasteiger partial charge in [0.25, 0.3) is 0 Å². The van der Waals surface area contributed by atoms with Crippen LogP contribution in [0.15, 0.2) is 34.8 Å². The molecule has 0 bridgehead atoms. The SMILES string of the molecule is Cc1cc(F)c(C(Br)c2cc(Br)ccc2I)cc1F. The van der Waals surface area contributed by atoms with Crippen LogP contribution in [0.1, 0.15) is 21.5 Å². The smallest absolute Gasteiger partial charge is 0.128 e. The summed E-state index contributed by atoms with van der Waals surface area (Å²) in [4.78, 5) is -0.382. The Morgan fingerprint density at radius 1 is 1.05 bits per heavy atom. The van der Waals surface area contributed by atoms with Gasteiger partial charge >= 0.3 is 0 Å². The molecule has 0 aromatic heterocycles. The van der Waals surface area contributed by atoms with Crippen LogP contribution >= 0.6 is 54.5 Å². The summed E-state index contributed by atoms with van der Waals surface area (Å²) in [6, 6.07) is 8.22. The maximum atomic E-state index is 14.0. The molecule has 0 heterocycles. The fraction of sp³-hybridized carbons (Fsp3) is 0.143. The summed E-state index contributed by atoms with van der Waals surface area (Å²) in [7, 11) is 0. The van der Waals surface area contributed by atoms with Gasteiger partial charge in [0, 0.05) is 13.6 Å². The van der Waals surface area contributed by atoms with Gasteiger partial charge in [-0.1, -0.05) is 31.9 Å². The predicted octanol–water partition coefficient (Wildman–Crippen LogP) is 6.12. The van der Waals surface area contributed by atoms with Gasteiger partial charge in [0.05, 0.1) is 4.83 Å². The Morgan fingerprint density at radius 3 is 2.42 bits per heavy atom. The molecule has 2 rings (SSSR count). The van der Waals surface area contributed by atoms with Crippen molar-refractivity contribution in [2.24, 2.45) is 0 Å². The third-order valence-corrected chi connectivity index (χ3v) is 5.24. The van der Waals surface area contributed by atoms with Crippen LogP contribution in [0.5, 0.6) is 0 Å². The van der Waals surface area contributed by atoms with Gasteiger partial charge < -0.3 is 0 Å². The summed E-state index contributed by atoms with van der Waals surface area (Å²) in [6.45, 7) is 1.55. The van der Waals surface area contributed by atoms with Crippen LogP contribution in [0, 0.1) is 22.1 Å². The van der Waals surface area contributed by atoms with E-state index in [1.807, 2.05) is 18.2 Å². The standard InChI is InChI=1S/C14H9Br2F2I/c1-7-4-12(18)9(6-11(7)17)14(16)10-5-8(15)2-3-13(10)19/h2-6,14H,1H3. The van der Waals surface area contributed by atoms with E-state index < -0.39 is 11.6 Å². The van der Waals surface area contributed by atoms with E-state index in [1.165, 1.54) is 12.1 Å². The molecule has 0 N–H and O–H groups in total. The molecule has 0 aliphatic carbocycles. The molecule has 2 aromatic carbocycles. The average Bonchev–Trinajstić information content (AvgIpc) is 2.36. The lowest BCUT2D eigenvalue weighted by molar-refractivity contribution is 0.581. The van der Waals surface area contributed by atoms with Crippen molar-refractivity contribution < 1.29 is 8.78 Å². The van der Waals surface area contributed by atoms with Crippen molar-refractivity contribution in [3.8, 4) is 0 Å². The third-order valence-electron chi connectivity index (χ3n) is 2.78. The van der Waals surface area contributed by atoms with Gasteiger partial charge in [-0.05, 0) is 71.0 Å². The molecule has 0 amide bonds. The molecule has 0 saturated heterocycles. The minimum absolute atomic E-state index is 0.305.